The number of aldehydes is 1. The van der Waals surface area contributed by atoms with Crippen molar-refractivity contribution in [3.63, 3.8) is 0 Å². The Bertz CT molecular complexity index is 458. The van der Waals surface area contributed by atoms with Gasteiger partial charge in [0, 0.05) is 11.5 Å². The highest BCUT2D eigenvalue weighted by atomic mass is 32.1. The Morgan fingerprint density at radius 2 is 1.82 bits per heavy atom. The molecule has 1 unspecified atom stereocenters. The number of thiocarbonyl (C=S) groups is 1. The molecule has 0 saturated heterocycles. The molecular formula is C17H26O4S. The first-order chi connectivity index (χ1) is 10.1. The van der Waals surface area contributed by atoms with Gasteiger partial charge in [-0.2, -0.15) is 0 Å². The van der Waals surface area contributed by atoms with E-state index in [-0.39, 0.29) is 35.7 Å². The van der Waals surface area contributed by atoms with Gasteiger partial charge in [-0.15, -0.1) is 0 Å². The molecule has 0 N–H and O–H groups in total. The number of hydrogen-bond donors (Lipinski definition) is 0. The molecule has 0 rings (SSSR count). The van der Waals surface area contributed by atoms with E-state index in [1.165, 1.54) is 13.0 Å². The predicted molar refractivity (Wildman–Crippen MR) is 91.7 cm³/mol. The lowest BCUT2D eigenvalue weighted by molar-refractivity contribution is -0.139. The first kappa shape index (κ1) is 20.5. The molecule has 124 valence electrons. The second kappa shape index (κ2) is 9.51. The van der Waals surface area contributed by atoms with Crippen molar-refractivity contribution in [3.05, 3.63) is 23.8 Å². The summed E-state index contributed by atoms with van der Waals surface area (Å²) in [6, 6.07) is 0. The van der Waals surface area contributed by atoms with E-state index in [1.807, 2.05) is 6.92 Å². The monoisotopic (exact) mass is 326 g/mol. The molecule has 1 atom stereocenters. The number of esters is 1. The Labute approximate surface area is 138 Å². The quantitative estimate of drug-likeness (QED) is 0.170. The van der Waals surface area contributed by atoms with Gasteiger partial charge in [0.2, 0.25) is 0 Å². The molecule has 0 amide bonds. The van der Waals surface area contributed by atoms with Crippen LogP contribution in [0.15, 0.2) is 23.8 Å². The fourth-order valence-corrected chi connectivity index (χ4v) is 2.13. The number of allylic oxidation sites excluding steroid dienone is 1. The van der Waals surface area contributed by atoms with Crippen molar-refractivity contribution in [2.75, 3.05) is 13.2 Å². The minimum Gasteiger partial charge on any atom is -0.483 e. The van der Waals surface area contributed by atoms with Crippen molar-refractivity contribution in [2.24, 2.45) is 11.3 Å². The minimum atomic E-state index is -0.586. The van der Waals surface area contributed by atoms with Crippen molar-refractivity contribution < 1.29 is 19.1 Å². The van der Waals surface area contributed by atoms with Crippen LogP contribution in [0.2, 0.25) is 0 Å². The molecule has 0 aliphatic carbocycles. The number of carbonyl (C=O) groups is 2. The van der Waals surface area contributed by atoms with E-state index in [4.69, 9.17) is 21.7 Å². The largest absolute Gasteiger partial charge is 0.483 e. The van der Waals surface area contributed by atoms with E-state index in [1.54, 1.807) is 0 Å². The van der Waals surface area contributed by atoms with E-state index < -0.39 is 5.97 Å². The lowest BCUT2D eigenvalue weighted by atomic mass is 9.86. The maximum atomic E-state index is 11.7. The van der Waals surface area contributed by atoms with E-state index >= 15 is 0 Å². The Morgan fingerprint density at radius 3 is 2.27 bits per heavy atom. The van der Waals surface area contributed by atoms with Crippen LogP contribution in [0.25, 0.3) is 0 Å². The van der Waals surface area contributed by atoms with E-state index in [2.05, 4.69) is 27.4 Å². The van der Waals surface area contributed by atoms with Crippen molar-refractivity contribution >= 4 is 29.5 Å². The highest BCUT2D eigenvalue weighted by molar-refractivity contribution is 7.80. The number of carbonyl (C=O) groups excluding carboxylic acids is 2. The van der Waals surface area contributed by atoms with Gasteiger partial charge in [0.1, 0.15) is 19.5 Å². The first-order valence-electron chi connectivity index (χ1n) is 7.24. The Balaban J connectivity index is 4.23. The van der Waals surface area contributed by atoms with Gasteiger partial charge < -0.3 is 9.47 Å². The molecule has 0 spiro atoms. The molecule has 4 nitrogen and oxygen atoms in total. The summed E-state index contributed by atoms with van der Waals surface area (Å²) in [7, 11) is 0. The number of hydrogen-bond acceptors (Lipinski definition) is 5. The fourth-order valence-electron chi connectivity index (χ4n) is 1.97. The van der Waals surface area contributed by atoms with Gasteiger partial charge in [-0.3, -0.25) is 4.79 Å². The van der Waals surface area contributed by atoms with E-state index in [9.17, 15) is 9.59 Å². The maximum absolute atomic E-state index is 11.7. The molecule has 0 saturated carbocycles. The topological polar surface area (TPSA) is 52.6 Å². The summed E-state index contributed by atoms with van der Waals surface area (Å²) in [6.07, 6.45) is 2.83. The molecule has 0 aromatic rings. The van der Waals surface area contributed by atoms with E-state index in [0.717, 1.165) is 6.42 Å². The molecule has 0 fully saturated rings. The third kappa shape index (κ3) is 8.08. The molecule has 0 bridgehead atoms. The van der Waals surface area contributed by atoms with Crippen LogP contribution in [0.1, 0.15) is 41.0 Å². The van der Waals surface area contributed by atoms with Crippen LogP contribution in [0.4, 0.5) is 0 Å². The molecule has 5 heteroatoms. The van der Waals surface area contributed by atoms with Gasteiger partial charge in [0.25, 0.3) is 0 Å². The van der Waals surface area contributed by atoms with Crippen molar-refractivity contribution in [1.82, 2.24) is 0 Å². The zero-order valence-electron chi connectivity index (χ0n) is 14.1. The molecular weight excluding hydrogens is 300 g/mol. The molecule has 0 aliphatic heterocycles. The second-order valence-electron chi connectivity index (χ2n) is 6.39. The van der Waals surface area contributed by atoms with Gasteiger partial charge in [0.15, 0.2) is 5.05 Å². The zero-order valence-corrected chi connectivity index (χ0v) is 14.9. The molecule has 22 heavy (non-hydrogen) atoms. The molecule has 0 heterocycles. The van der Waals surface area contributed by atoms with Crippen LogP contribution in [0, 0.1) is 11.3 Å². The minimum absolute atomic E-state index is 0.0741. The standard InChI is InChI=1S/C17H26O4S/c1-7-14(13(3)11-18)15(19)20-8-9-21-16(22)12(2)10-17(4,5)6/h7,11-12H,1,8-10H2,2-6H3. The van der Waals surface area contributed by atoms with Crippen LogP contribution in [-0.4, -0.2) is 30.5 Å². The molecule has 0 aromatic carbocycles. The fraction of sp³-hybridized carbons (Fsp3) is 0.588. The van der Waals surface area contributed by atoms with Crippen LogP contribution in [0.5, 0.6) is 0 Å². The molecule has 0 aliphatic rings. The van der Waals surface area contributed by atoms with Crippen LogP contribution < -0.4 is 0 Å². The van der Waals surface area contributed by atoms with Crippen LogP contribution in [0.3, 0.4) is 0 Å². The summed E-state index contributed by atoms with van der Waals surface area (Å²) >= 11 is 5.22. The lowest BCUT2D eigenvalue weighted by Crippen LogP contribution is -2.21. The zero-order chi connectivity index (χ0) is 17.3. The SMILES string of the molecule is C=CC(C(=O)OCCOC(=S)C(C)CC(C)(C)C)=C(C)C=O. The average molecular weight is 326 g/mol. The first-order valence-corrected chi connectivity index (χ1v) is 7.65. The molecule has 0 aromatic heterocycles. The average Bonchev–Trinajstić information content (AvgIpc) is 2.41. The number of ether oxygens (including phenoxy) is 2. The summed E-state index contributed by atoms with van der Waals surface area (Å²) in [5.74, 6) is -0.427. The van der Waals surface area contributed by atoms with Gasteiger partial charge >= 0.3 is 5.97 Å². The van der Waals surface area contributed by atoms with Crippen molar-refractivity contribution in [1.29, 1.82) is 0 Å². The van der Waals surface area contributed by atoms with Crippen molar-refractivity contribution in [2.45, 2.75) is 41.0 Å². The number of rotatable bonds is 8. The highest BCUT2D eigenvalue weighted by Gasteiger charge is 2.19. The summed E-state index contributed by atoms with van der Waals surface area (Å²) in [6.45, 7) is 13.8. The highest BCUT2D eigenvalue weighted by Crippen LogP contribution is 2.25. The Morgan fingerprint density at radius 1 is 1.27 bits per heavy atom. The van der Waals surface area contributed by atoms with Gasteiger partial charge in [-0.05, 0) is 31.0 Å². The summed E-state index contributed by atoms with van der Waals surface area (Å²) in [5.41, 5.74) is 0.629. The normalized spacial score (nSPS) is 13.7. The second-order valence-corrected chi connectivity index (χ2v) is 6.79. The Hall–Kier alpha value is -1.49. The summed E-state index contributed by atoms with van der Waals surface area (Å²) in [5, 5.41) is 0.523. The van der Waals surface area contributed by atoms with E-state index in [0.29, 0.717) is 11.3 Å². The molecule has 0 radical (unpaired) electrons. The van der Waals surface area contributed by atoms with Crippen LogP contribution in [-0.2, 0) is 19.1 Å². The Kier molecular flexibility index (Phi) is 8.87. The van der Waals surface area contributed by atoms with Crippen molar-refractivity contribution in [3.8, 4) is 0 Å². The summed E-state index contributed by atoms with van der Waals surface area (Å²) < 4.78 is 10.5. The van der Waals surface area contributed by atoms with Crippen LogP contribution >= 0.6 is 12.2 Å². The summed E-state index contributed by atoms with van der Waals surface area (Å²) in [4.78, 5) is 22.4. The van der Waals surface area contributed by atoms with Gasteiger partial charge in [-0.25, -0.2) is 4.79 Å². The maximum Gasteiger partial charge on any atom is 0.338 e. The smallest absolute Gasteiger partial charge is 0.338 e. The lowest BCUT2D eigenvalue weighted by Gasteiger charge is -2.23. The third-order valence-electron chi connectivity index (χ3n) is 2.91. The van der Waals surface area contributed by atoms with Gasteiger partial charge in [0.05, 0.1) is 5.57 Å². The predicted octanol–water partition coefficient (Wildman–Crippen LogP) is 3.65. The van der Waals surface area contributed by atoms with Gasteiger partial charge in [-0.1, -0.05) is 40.3 Å². The third-order valence-corrected chi connectivity index (χ3v) is 3.43.